The number of amides is 2. The van der Waals surface area contributed by atoms with E-state index in [1.165, 1.54) is 0 Å². The van der Waals surface area contributed by atoms with Gasteiger partial charge in [-0.1, -0.05) is 0 Å². The van der Waals surface area contributed by atoms with E-state index >= 15 is 0 Å². The maximum Gasteiger partial charge on any atom is 0.241 e. The zero-order chi connectivity index (χ0) is 27.5. The topological polar surface area (TPSA) is 152 Å². The van der Waals surface area contributed by atoms with Crippen LogP contribution in [0.4, 0.5) is 19.0 Å². The molecule has 0 radical (unpaired) electrons. The Bertz CT molecular complexity index is 1570. The quantitative estimate of drug-likeness (QED) is 0.278. The van der Waals surface area contributed by atoms with Gasteiger partial charge in [0.15, 0.2) is 29.9 Å². The number of hydrogen-bond donors (Lipinski definition) is 2. The van der Waals surface area contributed by atoms with Crippen LogP contribution >= 0.6 is 22.7 Å². The van der Waals surface area contributed by atoms with Crippen LogP contribution in [0.15, 0.2) is 69.1 Å². The third-order valence-corrected chi connectivity index (χ3v) is 9.53. The molecule has 0 spiro atoms. The van der Waals surface area contributed by atoms with Crippen LogP contribution < -0.4 is 10.6 Å². The summed E-state index contributed by atoms with van der Waals surface area (Å²) < 4.78 is 75.4. The molecule has 0 unspecified atom stereocenters. The van der Waals surface area contributed by atoms with Crippen molar-refractivity contribution in [1.29, 1.82) is 0 Å². The lowest BCUT2D eigenvalue weighted by Crippen LogP contribution is -2.23. The fraction of sp³-hybridized carbons (Fsp3) is 0.0909. The fourth-order valence-electron chi connectivity index (χ4n) is 3.00. The summed E-state index contributed by atoms with van der Waals surface area (Å²) in [6, 6.07) is 8.18. The van der Waals surface area contributed by atoms with Crippen molar-refractivity contribution in [3.05, 3.63) is 70.9 Å². The molecule has 0 saturated heterocycles. The molecular weight excluding hydrogens is 583 g/mol. The number of nitrogens with one attached hydrogen (secondary N) is 2. The van der Waals surface area contributed by atoms with Gasteiger partial charge in [-0.05, 0) is 48.5 Å². The van der Waals surface area contributed by atoms with E-state index in [1.807, 2.05) is 0 Å². The summed E-state index contributed by atoms with van der Waals surface area (Å²) in [7, 11) is -7.99. The molecule has 0 aliphatic rings. The lowest BCUT2D eigenvalue weighted by atomic mass is 10.4. The van der Waals surface area contributed by atoms with E-state index < -0.39 is 54.6 Å². The average molecular weight is 599 g/mol. The van der Waals surface area contributed by atoms with Crippen LogP contribution in [-0.2, 0) is 29.3 Å². The Morgan fingerprint density at radius 3 is 1.34 bits per heavy atom. The Labute approximate surface area is 223 Å². The zero-order valence-corrected chi connectivity index (χ0v) is 22.2. The Morgan fingerprint density at radius 2 is 1.00 bits per heavy atom. The van der Waals surface area contributed by atoms with Crippen LogP contribution in [0.25, 0.3) is 11.4 Å². The second-order valence-corrected chi connectivity index (χ2v) is 13.3. The molecule has 0 atom stereocenters. The van der Waals surface area contributed by atoms with Gasteiger partial charge in [-0.2, -0.15) is 0 Å². The van der Waals surface area contributed by atoms with Gasteiger partial charge in [0, 0.05) is 10.8 Å². The standard InChI is InChI=1S/C22H16F2N4O6S4/c23-13-1-5-15(6-2-13)37(31,32)11-19(29)27-21-25-17(9-35-21)18-10-36-22(26-18)28-20(30)12-38(33,34)16-7-3-14(24)4-8-16/h1-10H,11-12H2,(H,25,27,29)(H,26,28,30). The van der Waals surface area contributed by atoms with Gasteiger partial charge >= 0.3 is 0 Å². The SMILES string of the molecule is O=C(CS(=O)(=O)c1ccc(F)cc1)Nc1nc(-c2csc(NC(=O)CS(=O)(=O)c3ccc(F)cc3)n2)cs1. The average Bonchev–Trinajstić information content (AvgIpc) is 3.48. The largest absolute Gasteiger partial charge is 0.301 e. The molecule has 2 heterocycles. The highest BCUT2D eigenvalue weighted by Crippen LogP contribution is 2.28. The van der Waals surface area contributed by atoms with Crippen molar-refractivity contribution in [2.75, 3.05) is 22.1 Å². The molecule has 0 fully saturated rings. The Hall–Kier alpha value is -3.60. The summed E-state index contributed by atoms with van der Waals surface area (Å²) in [6.07, 6.45) is 0. The molecule has 2 aromatic carbocycles. The van der Waals surface area contributed by atoms with E-state index in [1.54, 1.807) is 10.8 Å². The number of hydrogen-bond acceptors (Lipinski definition) is 10. The van der Waals surface area contributed by atoms with Crippen molar-refractivity contribution in [2.24, 2.45) is 0 Å². The summed E-state index contributed by atoms with van der Waals surface area (Å²) >= 11 is 2.02. The second-order valence-electron chi connectivity index (χ2n) is 7.60. The van der Waals surface area contributed by atoms with Gasteiger partial charge in [0.2, 0.25) is 11.8 Å². The first-order chi connectivity index (χ1) is 17.9. The van der Waals surface area contributed by atoms with Gasteiger partial charge in [-0.25, -0.2) is 35.6 Å². The highest BCUT2D eigenvalue weighted by Gasteiger charge is 2.22. The molecule has 38 heavy (non-hydrogen) atoms. The lowest BCUT2D eigenvalue weighted by Gasteiger charge is -2.04. The van der Waals surface area contributed by atoms with E-state index in [2.05, 4.69) is 20.6 Å². The number of carbonyl (C=O) groups is 2. The van der Waals surface area contributed by atoms with E-state index in [9.17, 15) is 35.2 Å². The number of thiazole rings is 2. The second kappa shape index (κ2) is 11.0. The summed E-state index contributed by atoms with van der Waals surface area (Å²) in [5.74, 6) is -4.65. The van der Waals surface area contributed by atoms with Crippen LogP contribution in [0.2, 0.25) is 0 Å². The number of carbonyl (C=O) groups excluding carboxylic acids is 2. The predicted octanol–water partition coefficient (Wildman–Crippen LogP) is 3.37. The first-order valence-corrected chi connectivity index (χ1v) is 15.5. The zero-order valence-electron chi connectivity index (χ0n) is 18.9. The van der Waals surface area contributed by atoms with E-state index in [4.69, 9.17) is 0 Å². The van der Waals surface area contributed by atoms with Gasteiger partial charge in [0.25, 0.3) is 0 Å². The van der Waals surface area contributed by atoms with Gasteiger partial charge in [-0.15, -0.1) is 22.7 Å². The fourth-order valence-corrected chi connectivity index (χ4v) is 6.71. The number of nitrogens with zero attached hydrogens (tertiary/aromatic N) is 2. The predicted molar refractivity (Wildman–Crippen MR) is 137 cm³/mol. The molecule has 2 N–H and O–H groups in total. The first kappa shape index (κ1) is 27.4. The maximum atomic E-state index is 13.0. The third-order valence-electron chi connectivity index (χ3n) is 4.75. The molecule has 0 aliphatic carbocycles. The third kappa shape index (κ3) is 6.83. The minimum atomic E-state index is -4.00. The summed E-state index contributed by atoms with van der Waals surface area (Å²) in [4.78, 5) is 32.5. The molecule has 4 aromatic rings. The van der Waals surface area contributed by atoms with Crippen LogP contribution in [-0.4, -0.2) is 50.1 Å². The van der Waals surface area contributed by atoms with Gasteiger partial charge < -0.3 is 10.6 Å². The molecule has 0 saturated carbocycles. The molecule has 2 aromatic heterocycles. The van der Waals surface area contributed by atoms with E-state index in [0.717, 1.165) is 71.2 Å². The molecule has 2 amide bonds. The van der Waals surface area contributed by atoms with Crippen molar-refractivity contribution in [1.82, 2.24) is 9.97 Å². The van der Waals surface area contributed by atoms with Crippen LogP contribution in [0.1, 0.15) is 0 Å². The number of benzene rings is 2. The van der Waals surface area contributed by atoms with Crippen molar-refractivity contribution in [3.8, 4) is 11.4 Å². The minimum absolute atomic E-state index is 0.100. The van der Waals surface area contributed by atoms with Gasteiger partial charge in [-0.3, -0.25) is 9.59 Å². The molecule has 0 bridgehead atoms. The van der Waals surface area contributed by atoms with Crippen LogP contribution in [0.5, 0.6) is 0 Å². The van der Waals surface area contributed by atoms with Gasteiger partial charge in [0.05, 0.1) is 9.79 Å². The highest BCUT2D eigenvalue weighted by molar-refractivity contribution is 7.92. The van der Waals surface area contributed by atoms with E-state index in [-0.39, 0.29) is 20.1 Å². The highest BCUT2D eigenvalue weighted by atomic mass is 32.2. The Kier molecular flexibility index (Phi) is 7.96. The Morgan fingerprint density at radius 1 is 0.658 bits per heavy atom. The van der Waals surface area contributed by atoms with E-state index in [0.29, 0.717) is 11.4 Å². The minimum Gasteiger partial charge on any atom is -0.301 e. The summed E-state index contributed by atoms with van der Waals surface area (Å²) in [5.41, 5.74) is 0.643. The molecule has 0 aliphatic heterocycles. The lowest BCUT2D eigenvalue weighted by molar-refractivity contribution is -0.114. The first-order valence-electron chi connectivity index (χ1n) is 10.4. The summed E-state index contributed by atoms with van der Waals surface area (Å²) in [6.45, 7) is 0. The molecule has 198 valence electrons. The number of anilines is 2. The van der Waals surface area contributed by atoms with Crippen LogP contribution in [0, 0.1) is 11.6 Å². The normalized spacial score (nSPS) is 11.7. The number of rotatable bonds is 9. The van der Waals surface area contributed by atoms with Crippen molar-refractivity contribution < 1.29 is 35.2 Å². The summed E-state index contributed by atoms with van der Waals surface area (Å²) in [5, 5.41) is 8.06. The number of aromatic nitrogens is 2. The molecular formula is C22H16F2N4O6S4. The monoisotopic (exact) mass is 598 g/mol. The van der Waals surface area contributed by atoms with Crippen LogP contribution in [0.3, 0.4) is 0 Å². The van der Waals surface area contributed by atoms with Crippen molar-refractivity contribution >= 4 is 64.4 Å². The number of halogens is 2. The van der Waals surface area contributed by atoms with Crippen molar-refractivity contribution in [3.63, 3.8) is 0 Å². The maximum absolute atomic E-state index is 13.0. The smallest absolute Gasteiger partial charge is 0.241 e. The molecule has 16 heteroatoms. The molecule has 10 nitrogen and oxygen atoms in total. The Balaban J connectivity index is 1.35. The number of sulfone groups is 2. The van der Waals surface area contributed by atoms with Crippen molar-refractivity contribution in [2.45, 2.75) is 9.79 Å². The molecule has 4 rings (SSSR count). The van der Waals surface area contributed by atoms with Gasteiger partial charge in [0.1, 0.15) is 34.5 Å².